The van der Waals surface area contributed by atoms with Gasteiger partial charge in [-0.3, -0.25) is 0 Å². The van der Waals surface area contributed by atoms with E-state index in [2.05, 4.69) is 74.7 Å². The molecule has 0 radical (unpaired) electrons. The molecule has 1 nitrogen and oxygen atoms in total. The molecule has 0 aromatic rings. The van der Waals surface area contributed by atoms with E-state index in [1.54, 1.807) is 0 Å². The molecule has 0 saturated carbocycles. The molecule has 0 aromatic heterocycles. The highest BCUT2D eigenvalue weighted by Crippen LogP contribution is 2.40. The molecule has 2 atom stereocenters. The van der Waals surface area contributed by atoms with Crippen molar-refractivity contribution >= 4 is 22.6 Å². The molecular weight excluding hydrogens is 345 g/mol. The Labute approximate surface area is 125 Å². The van der Waals surface area contributed by atoms with Gasteiger partial charge in [0.25, 0.3) is 0 Å². The minimum atomic E-state index is 0. The maximum atomic E-state index is 5.44. The summed E-state index contributed by atoms with van der Waals surface area (Å²) in [5.74, 6) is 3.34. The molecule has 96 valence electrons. The quantitative estimate of drug-likeness (QED) is 0.286. The van der Waals surface area contributed by atoms with Crippen LogP contribution in [0.1, 0.15) is 13.8 Å². The second-order valence-corrected chi connectivity index (χ2v) is 7.27. The van der Waals surface area contributed by atoms with Crippen molar-refractivity contribution in [3.05, 3.63) is 23.8 Å². The SMILES string of the molecule is C#CC[N+](C)(C)CC1(I)C(C)=CC=CC1C.[Cl-]. The molecule has 1 aliphatic rings. The predicted molar refractivity (Wildman–Crippen MR) is 79.5 cm³/mol. The Balaban J connectivity index is 0.00000256. The Morgan fingerprint density at radius 1 is 1.53 bits per heavy atom. The number of quaternary nitrogens is 1. The summed E-state index contributed by atoms with van der Waals surface area (Å²) in [5, 5.41) is 0. The first-order chi connectivity index (χ1) is 7.32. The zero-order valence-electron chi connectivity index (χ0n) is 11.0. The van der Waals surface area contributed by atoms with Crippen LogP contribution in [0.3, 0.4) is 0 Å². The number of allylic oxidation sites excluding steroid dienone is 3. The van der Waals surface area contributed by atoms with E-state index in [1.165, 1.54) is 5.57 Å². The van der Waals surface area contributed by atoms with Crippen molar-refractivity contribution in [2.24, 2.45) is 5.92 Å². The van der Waals surface area contributed by atoms with Gasteiger partial charge in [-0.2, -0.15) is 0 Å². The van der Waals surface area contributed by atoms with E-state index in [-0.39, 0.29) is 15.8 Å². The minimum absolute atomic E-state index is 0. The summed E-state index contributed by atoms with van der Waals surface area (Å²) < 4.78 is 1.08. The molecule has 0 aliphatic heterocycles. The number of hydrogen-bond donors (Lipinski definition) is 0. The molecule has 3 heteroatoms. The van der Waals surface area contributed by atoms with Crippen molar-refractivity contribution in [3.63, 3.8) is 0 Å². The van der Waals surface area contributed by atoms with Crippen LogP contribution in [0.25, 0.3) is 0 Å². The zero-order chi connectivity index (χ0) is 12.4. The monoisotopic (exact) mass is 365 g/mol. The smallest absolute Gasteiger partial charge is 0.140 e. The van der Waals surface area contributed by atoms with E-state index in [1.807, 2.05) is 0 Å². The average molecular weight is 366 g/mol. The standard InChI is InChI=1S/C14H21IN.ClH/c1-6-10-16(4,5)11-14(15)12(2)8-7-9-13(14)3;/h1,7-9,12H,10-11H2,2-5H3;1H/q+1;/p-1. The molecule has 0 aromatic carbocycles. The summed E-state index contributed by atoms with van der Waals surface area (Å²) in [7, 11) is 4.41. The van der Waals surface area contributed by atoms with Gasteiger partial charge in [0.15, 0.2) is 0 Å². The highest BCUT2D eigenvalue weighted by atomic mass is 127. The Morgan fingerprint density at radius 2 is 2.12 bits per heavy atom. The highest BCUT2D eigenvalue weighted by molar-refractivity contribution is 14.1. The van der Waals surface area contributed by atoms with Crippen LogP contribution in [-0.4, -0.2) is 35.1 Å². The van der Waals surface area contributed by atoms with Gasteiger partial charge in [-0.25, -0.2) is 0 Å². The third-order valence-electron chi connectivity index (χ3n) is 3.30. The number of halogens is 2. The maximum Gasteiger partial charge on any atom is 0.140 e. The summed E-state index contributed by atoms with van der Waals surface area (Å²) in [6, 6.07) is 0. The summed E-state index contributed by atoms with van der Waals surface area (Å²) >= 11 is 2.60. The number of nitrogens with zero attached hydrogens (tertiary/aromatic N) is 1. The van der Waals surface area contributed by atoms with Gasteiger partial charge >= 0.3 is 0 Å². The molecule has 0 heterocycles. The maximum absolute atomic E-state index is 5.44. The van der Waals surface area contributed by atoms with Gasteiger partial charge in [0.05, 0.1) is 24.1 Å². The van der Waals surface area contributed by atoms with E-state index in [0.29, 0.717) is 5.92 Å². The Morgan fingerprint density at radius 3 is 2.59 bits per heavy atom. The van der Waals surface area contributed by atoms with Crippen molar-refractivity contribution in [2.45, 2.75) is 17.3 Å². The van der Waals surface area contributed by atoms with Crippen LogP contribution in [0, 0.1) is 18.3 Å². The first-order valence-corrected chi connectivity index (χ1v) is 6.70. The van der Waals surface area contributed by atoms with Gasteiger partial charge in [-0.15, -0.1) is 6.42 Å². The lowest BCUT2D eigenvalue weighted by Gasteiger charge is -2.41. The Bertz CT molecular complexity index is 365. The Kier molecular flexibility index (Phi) is 6.27. The molecule has 0 spiro atoms. The normalized spacial score (nSPS) is 28.0. The first-order valence-electron chi connectivity index (χ1n) is 5.62. The molecule has 1 rings (SSSR count). The van der Waals surface area contributed by atoms with Crippen molar-refractivity contribution in [1.29, 1.82) is 0 Å². The average Bonchev–Trinajstić information content (AvgIpc) is 2.14. The fraction of sp³-hybridized carbons (Fsp3) is 0.571. The summed E-state index contributed by atoms with van der Waals surface area (Å²) in [6.07, 6.45) is 12.1. The van der Waals surface area contributed by atoms with Gasteiger partial charge in [-0.05, 0) is 18.8 Å². The predicted octanol–water partition coefficient (Wildman–Crippen LogP) is 0.0260. The third-order valence-corrected chi connectivity index (χ3v) is 5.48. The molecule has 2 unspecified atom stereocenters. The van der Waals surface area contributed by atoms with Crippen molar-refractivity contribution < 1.29 is 16.9 Å². The van der Waals surface area contributed by atoms with E-state index in [0.717, 1.165) is 17.6 Å². The third kappa shape index (κ3) is 4.01. The van der Waals surface area contributed by atoms with E-state index in [9.17, 15) is 0 Å². The van der Waals surface area contributed by atoms with E-state index in [4.69, 9.17) is 6.42 Å². The van der Waals surface area contributed by atoms with Crippen molar-refractivity contribution in [3.8, 4) is 12.3 Å². The zero-order valence-corrected chi connectivity index (χ0v) is 13.9. The number of alkyl halides is 1. The van der Waals surface area contributed by atoms with Gasteiger partial charge in [0, 0.05) is 0 Å². The van der Waals surface area contributed by atoms with Gasteiger partial charge in [-0.1, -0.05) is 53.3 Å². The van der Waals surface area contributed by atoms with Crippen LogP contribution < -0.4 is 12.4 Å². The molecular formula is C14H21ClIN. The lowest BCUT2D eigenvalue weighted by Crippen LogP contribution is -3.00. The summed E-state index contributed by atoms with van der Waals surface area (Å²) in [4.78, 5) is 0. The second-order valence-electron chi connectivity index (χ2n) is 5.34. The molecule has 0 bridgehead atoms. The van der Waals surface area contributed by atoms with Crippen LogP contribution in [0.15, 0.2) is 23.8 Å². The van der Waals surface area contributed by atoms with Crippen LogP contribution in [-0.2, 0) is 0 Å². The minimum Gasteiger partial charge on any atom is -1.00 e. The van der Waals surface area contributed by atoms with Gasteiger partial charge in [0.1, 0.15) is 6.54 Å². The topological polar surface area (TPSA) is 0 Å². The van der Waals surface area contributed by atoms with E-state index >= 15 is 0 Å². The largest absolute Gasteiger partial charge is 1.00 e. The Hall–Kier alpha value is 0.0200. The van der Waals surface area contributed by atoms with Crippen LogP contribution in [0.2, 0.25) is 0 Å². The lowest BCUT2D eigenvalue weighted by atomic mass is 9.83. The number of rotatable bonds is 3. The molecule has 1 aliphatic carbocycles. The van der Waals surface area contributed by atoms with Crippen molar-refractivity contribution in [2.75, 3.05) is 27.2 Å². The first kappa shape index (κ1) is 17.0. The molecule has 0 amide bonds. The highest BCUT2D eigenvalue weighted by Gasteiger charge is 2.40. The van der Waals surface area contributed by atoms with E-state index < -0.39 is 0 Å². The fourth-order valence-electron chi connectivity index (χ4n) is 2.21. The van der Waals surface area contributed by atoms with Gasteiger partial charge in [0.2, 0.25) is 0 Å². The van der Waals surface area contributed by atoms with Crippen LogP contribution >= 0.6 is 22.6 Å². The van der Waals surface area contributed by atoms with Crippen LogP contribution in [0.5, 0.6) is 0 Å². The van der Waals surface area contributed by atoms with Gasteiger partial charge < -0.3 is 16.9 Å². The molecule has 0 fully saturated rings. The molecule has 0 saturated heterocycles. The summed E-state index contributed by atoms with van der Waals surface area (Å²) in [5.41, 5.74) is 1.45. The molecule has 0 N–H and O–H groups in total. The number of terminal acetylenes is 1. The fourth-order valence-corrected chi connectivity index (χ4v) is 3.52. The molecule has 17 heavy (non-hydrogen) atoms. The summed E-state index contributed by atoms with van der Waals surface area (Å²) in [6.45, 7) is 6.37. The number of hydrogen-bond acceptors (Lipinski definition) is 0. The van der Waals surface area contributed by atoms with Crippen LogP contribution in [0.4, 0.5) is 0 Å². The lowest BCUT2D eigenvalue weighted by molar-refractivity contribution is -0.884. The van der Waals surface area contributed by atoms with Crippen molar-refractivity contribution in [1.82, 2.24) is 0 Å². The second kappa shape index (κ2) is 6.26.